The lowest BCUT2D eigenvalue weighted by molar-refractivity contribution is 0.0645. The average molecular weight is 225 g/mol. The minimum Gasteiger partial charge on any atom is -0.339 e. The van der Waals surface area contributed by atoms with Crippen molar-refractivity contribution in [2.45, 2.75) is 66.6 Å². The third-order valence-electron chi connectivity index (χ3n) is 2.83. The molecule has 0 amide bonds. The molecule has 3 heteroatoms. The van der Waals surface area contributed by atoms with Gasteiger partial charge in [-0.2, -0.15) is 5.10 Å². The van der Waals surface area contributed by atoms with Crippen LogP contribution in [0.1, 0.15) is 54.4 Å². The highest BCUT2D eigenvalue weighted by molar-refractivity contribution is 5.57. The Morgan fingerprint density at radius 3 is 2.38 bits per heavy atom. The first-order valence-electron chi connectivity index (χ1n) is 6.43. The van der Waals surface area contributed by atoms with Gasteiger partial charge < -0.3 is 4.90 Å². The predicted molar refractivity (Wildman–Crippen MR) is 70.3 cm³/mol. The van der Waals surface area contributed by atoms with Crippen LogP contribution >= 0.6 is 0 Å². The Bertz CT molecular complexity index is 240. The summed E-state index contributed by atoms with van der Waals surface area (Å²) in [6.45, 7) is 14.6. The summed E-state index contributed by atoms with van der Waals surface area (Å²) in [5.74, 6) is 0. The van der Waals surface area contributed by atoms with Gasteiger partial charge in [-0.25, -0.2) is 0 Å². The van der Waals surface area contributed by atoms with Gasteiger partial charge in [0.2, 0.25) is 0 Å². The fourth-order valence-electron chi connectivity index (χ4n) is 2.13. The molecule has 1 unspecified atom stereocenters. The Kier molecular flexibility index (Phi) is 4.22. The highest BCUT2D eigenvalue weighted by atomic mass is 15.6. The fraction of sp³-hybridized carbons (Fsp3) is 0.923. The topological polar surface area (TPSA) is 18.8 Å². The molecular weight excluding hydrogens is 198 g/mol. The zero-order chi connectivity index (χ0) is 12.3. The summed E-state index contributed by atoms with van der Waals surface area (Å²) in [5, 5.41) is 6.77. The van der Waals surface area contributed by atoms with Gasteiger partial charge >= 0.3 is 0 Å². The van der Waals surface area contributed by atoms with Gasteiger partial charge in [-0.1, -0.05) is 27.7 Å². The summed E-state index contributed by atoms with van der Waals surface area (Å²) < 4.78 is 0. The standard InChI is InChI=1S/C13H27N3/c1-7-8-15-10-14-16(11(2)3)12(15)9-13(4,5)6/h10-12H,7-9H2,1-6H3. The molecule has 0 spiro atoms. The second kappa shape index (κ2) is 5.07. The van der Waals surface area contributed by atoms with Crippen LogP contribution in [0.4, 0.5) is 0 Å². The maximum absolute atomic E-state index is 4.54. The second-order valence-corrected chi connectivity index (χ2v) is 6.19. The molecule has 0 aromatic rings. The largest absolute Gasteiger partial charge is 0.339 e. The van der Waals surface area contributed by atoms with Gasteiger partial charge in [0.05, 0.1) is 0 Å². The minimum absolute atomic E-state index is 0.345. The van der Waals surface area contributed by atoms with Crippen molar-refractivity contribution in [3.05, 3.63) is 0 Å². The van der Waals surface area contributed by atoms with Crippen molar-refractivity contribution in [2.24, 2.45) is 10.5 Å². The monoisotopic (exact) mass is 225 g/mol. The van der Waals surface area contributed by atoms with Gasteiger partial charge in [0.15, 0.2) is 0 Å². The third-order valence-corrected chi connectivity index (χ3v) is 2.83. The molecule has 0 fully saturated rings. The quantitative estimate of drug-likeness (QED) is 0.732. The summed E-state index contributed by atoms with van der Waals surface area (Å²) in [6.07, 6.45) is 4.80. The maximum Gasteiger partial charge on any atom is 0.119 e. The number of hydrogen-bond acceptors (Lipinski definition) is 3. The van der Waals surface area contributed by atoms with Gasteiger partial charge in [0.1, 0.15) is 12.5 Å². The van der Waals surface area contributed by atoms with Crippen LogP contribution in [-0.2, 0) is 0 Å². The molecule has 0 N–H and O–H groups in total. The minimum atomic E-state index is 0.345. The molecule has 1 aliphatic heterocycles. The van der Waals surface area contributed by atoms with Gasteiger partial charge in [-0.15, -0.1) is 0 Å². The Morgan fingerprint density at radius 1 is 1.31 bits per heavy atom. The molecule has 1 atom stereocenters. The molecule has 0 bridgehead atoms. The molecule has 1 aliphatic rings. The van der Waals surface area contributed by atoms with Crippen LogP contribution in [0, 0.1) is 5.41 Å². The molecule has 0 saturated carbocycles. The molecule has 1 rings (SSSR count). The highest BCUT2D eigenvalue weighted by Gasteiger charge is 2.32. The number of rotatable bonds is 4. The molecule has 0 aromatic heterocycles. The number of hydrogen-bond donors (Lipinski definition) is 0. The molecule has 0 aromatic carbocycles. The summed E-state index contributed by atoms with van der Waals surface area (Å²) in [6, 6.07) is 0.477. The first-order valence-corrected chi connectivity index (χ1v) is 6.43. The smallest absolute Gasteiger partial charge is 0.119 e. The highest BCUT2D eigenvalue weighted by Crippen LogP contribution is 2.28. The van der Waals surface area contributed by atoms with Gasteiger partial charge in [-0.05, 0) is 32.1 Å². The zero-order valence-electron chi connectivity index (χ0n) is 11.7. The Labute approximate surface area is 100 Å². The van der Waals surface area contributed by atoms with Gasteiger partial charge in [0, 0.05) is 12.6 Å². The molecule has 1 heterocycles. The SMILES string of the molecule is CCCN1C=NN(C(C)C)C1CC(C)(C)C. The normalized spacial score (nSPS) is 21.3. The van der Waals surface area contributed by atoms with Crippen molar-refractivity contribution in [1.82, 2.24) is 9.91 Å². The summed E-state index contributed by atoms with van der Waals surface area (Å²) >= 11 is 0. The van der Waals surface area contributed by atoms with Crippen molar-refractivity contribution < 1.29 is 0 Å². The first kappa shape index (κ1) is 13.3. The fourth-order valence-corrected chi connectivity index (χ4v) is 2.13. The van der Waals surface area contributed by atoms with Crippen molar-refractivity contribution in [3.63, 3.8) is 0 Å². The first-order chi connectivity index (χ1) is 7.35. The molecule has 3 nitrogen and oxygen atoms in total. The van der Waals surface area contributed by atoms with E-state index in [1.54, 1.807) is 0 Å². The van der Waals surface area contributed by atoms with Crippen LogP contribution in [0.2, 0.25) is 0 Å². The Hall–Kier alpha value is -0.730. The Morgan fingerprint density at radius 2 is 1.94 bits per heavy atom. The summed E-state index contributed by atoms with van der Waals surface area (Å²) in [4.78, 5) is 2.38. The molecule has 16 heavy (non-hydrogen) atoms. The van der Waals surface area contributed by atoms with E-state index < -0.39 is 0 Å². The van der Waals surface area contributed by atoms with E-state index in [0.29, 0.717) is 17.6 Å². The number of hydrazone groups is 1. The van der Waals surface area contributed by atoms with Crippen LogP contribution in [0.5, 0.6) is 0 Å². The second-order valence-electron chi connectivity index (χ2n) is 6.19. The van der Waals surface area contributed by atoms with Crippen molar-refractivity contribution in [2.75, 3.05) is 6.54 Å². The maximum atomic E-state index is 4.54. The number of nitrogens with zero attached hydrogens (tertiary/aromatic N) is 3. The van der Waals surface area contributed by atoms with Crippen LogP contribution in [0.15, 0.2) is 5.10 Å². The van der Waals surface area contributed by atoms with Gasteiger partial charge in [0.25, 0.3) is 0 Å². The van der Waals surface area contributed by atoms with E-state index in [9.17, 15) is 0 Å². The van der Waals surface area contributed by atoms with E-state index >= 15 is 0 Å². The summed E-state index contributed by atoms with van der Waals surface area (Å²) in [7, 11) is 0. The lowest BCUT2D eigenvalue weighted by Gasteiger charge is -2.36. The molecular formula is C13H27N3. The van der Waals surface area contributed by atoms with Crippen molar-refractivity contribution >= 4 is 6.34 Å². The van der Waals surface area contributed by atoms with E-state index in [4.69, 9.17) is 0 Å². The lowest BCUT2D eigenvalue weighted by atomic mass is 9.90. The lowest BCUT2D eigenvalue weighted by Crippen LogP contribution is -2.45. The van der Waals surface area contributed by atoms with E-state index in [2.05, 4.69) is 56.6 Å². The average Bonchev–Trinajstić information content (AvgIpc) is 2.47. The van der Waals surface area contributed by atoms with Crippen LogP contribution in [0.3, 0.4) is 0 Å². The van der Waals surface area contributed by atoms with Crippen LogP contribution in [-0.4, -0.2) is 35.0 Å². The van der Waals surface area contributed by atoms with E-state index in [1.165, 1.54) is 6.42 Å². The molecule has 94 valence electrons. The van der Waals surface area contributed by atoms with Crippen LogP contribution in [0.25, 0.3) is 0 Å². The molecule has 0 radical (unpaired) electrons. The zero-order valence-corrected chi connectivity index (χ0v) is 11.7. The van der Waals surface area contributed by atoms with E-state index in [-0.39, 0.29) is 0 Å². The van der Waals surface area contributed by atoms with Crippen LogP contribution < -0.4 is 0 Å². The predicted octanol–water partition coefficient (Wildman–Crippen LogP) is 3.13. The summed E-state index contributed by atoms with van der Waals surface area (Å²) in [5.41, 5.74) is 0.345. The van der Waals surface area contributed by atoms with Gasteiger partial charge in [-0.3, -0.25) is 5.01 Å². The van der Waals surface area contributed by atoms with E-state index in [0.717, 1.165) is 13.0 Å². The third kappa shape index (κ3) is 3.39. The molecule has 0 aliphatic carbocycles. The van der Waals surface area contributed by atoms with E-state index in [1.807, 2.05) is 6.34 Å². The molecule has 0 saturated heterocycles. The Balaban J connectivity index is 2.71. The van der Waals surface area contributed by atoms with Crippen molar-refractivity contribution in [3.8, 4) is 0 Å². The van der Waals surface area contributed by atoms with Crippen molar-refractivity contribution in [1.29, 1.82) is 0 Å².